The third kappa shape index (κ3) is 4.24. The molecule has 7 nitrogen and oxygen atoms in total. The predicted molar refractivity (Wildman–Crippen MR) is 106 cm³/mol. The van der Waals surface area contributed by atoms with Gasteiger partial charge in [-0.25, -0.2) is 21.2 Å². The van der Waals surface area contributed by atoms with Crippen molar-refractivity contribution in [3.05, 3.63) is 41.8 Å². The summed E-state index contributed by atoms with van der Waals surface area (Å²) >= 11 is 0. The Kier molecular flexibility index (Phi) is 5.52. The smallest absolute Gasteiger partial charge is 0.218 e. The third-order valence-corrected chi connectivity index (χ3v) is 9.96. The molecule has 1 aromatic heterocycles. The highest BCUT2D eigenvalue weighted by Crippen LogP contribution is 2.36. The Bertz CT molecular complexity index is 1080. The molecule has 0 aliphatic carbocycles. The molecule has 2 atom stereocenters. The molecule has 158 valence electrons. The van der Waals surface area contributed by atoms with Gasteiger partial charge >= 0.3 is 0 Å². The van der Waals surface area contributed by atoms with Crippen molar-refractivity contribution in [2.45, 2.75) is 43.4 Å². The molecule has 4 rings (SSSR count). The van der Waals surface area contributed by atoms with Crippen LogP contribution in [0.4, 0.5) is 4.39 Å². The molecule has 2 fully saturated rings. The van der Waals surface area contributed by atoms with E-state index in [-0.39, 0.29) is 23.7 Å². The number of sulfone groups is 1. The van der Waals surface area contributed by atoms with Gasteiger partial charge in [0.25, 0.3) is 0 Å². The fourth-order valence-electron chi connectivity index (χ4n) is 4.07. The lowest BCUT2D eigenvalue weighted by Crippen LogP contribution is -2.41. The van der Waals surface area contributed by atoms with Crippen LogP contribution < -0.4 is 0 Å². The quantitative estimate of drug-likeness (QED) is 0.722. The number of halogens is 1. The van der Waals surface area contributed by atoms with E-state index in [0.29, 0.717) is 30.0 Å². The zero-order valence-electron chi connectivity index (χ0n) is 15.8. The molecular weight excluding hydrogens is 419 g/mol. The highest BCUT2D eigenvalue weighted by molar-refractivity contribution is 7.95. The van der Waals surface area contributed by atoms with Crippen molar-refractivity contribution in [1.82, 2.24) is 9.46 Å². The molecular formula is C19H23FN2O5S2. The van der Waals surface area contributed by atoms with Gasteiger partial charge in [0, 0.05) is 18.2 Å². The Balaban J connectivity index is 1.65. The van der Waals surface area contributed by atoms with E-state index in [1.54, 1.807) is 18.2 Å². The van der Waals surface area contributed by atoms with Crippen LogP contribution in [0.5, 0.6) is 0 Å². The molecule has 2 aromatic rings. The standard InChI is InChI=1S/C19H23FN2O5S2/c20-15-7-5-14(6-8-15)19-12-17(21-27-19)18-4-2-1-3-10-22(18)29(25,26)16-9-11-28(23,24)13-16/h5-8,12,16,18H,1-4,9-11,13H2/t16-,18-/m0/s1. The van der Waals surface area contributed by atoms with Crippen LogP contribution >= 0.6 is 0 Å². The molecule has 1 aromatic carbocycles. The SMILES string of the molecule is O=S1(=O)CC[C@H](S(=O)(=O)N2CCCCC[C@H]2c2cc(-c3ccc(F)cc3)on2)C1. The average Bonchev–Trinajstić information content (AvgIpc) is 3.22. The maximum absolute atomic E-state index is 13.3. The Hall–Kier alpha value is -1.78. The number of hydrogen-bond donors (Lipinski definition) is 0. The van der Waals surface area contributed by atoms with Crippen molar-refractivity contribution in [3.8, 4) is 11.3 Å². The van der Waals surface area contributed by atoms with E-state index in [1.165, 1.54) is 16.4 Å². The first-order valence-corrected chi connectivity index (χ1v) is 13.0. The van der Waals surface area contributed by atoms with E-state index < -0.39 is 31.2 Å². The molecule has 2 aliphatic rings. The fourth-order valence-corrected chi connectivity index (χ4v) is 8.82. The molecule has 0 unspecified atom stereocenters. The van der Waals surface area contributed by atoms with Gasteiger partial charge < -0.3 is 4.52 Å². The van der Waals surface area contributed by atoms with Crippen LogP contribution in [0.3, 0.4) is 0 Å². The van der Waals surface area contributed by atoms with E-state index >= 15 is 0 Å². The number of aromatic nitrogens is 1. The Morgan fingerprint density at radius 3 is 2.55 bits per heavy atom. The van der Waals surface area contributed by atoms with E-state index in [1.807, 2.05) is 0 Å². The Morgan fingerprint density at radius 1 is 1.10 bits per heavy atom. The van der Waals surface area contributed by atoms with Gasteiger partial charge in [0.1, 0.15) is 11.5 Å². The van der Waals surface area contributed by atoms with Crippen LogP contribution in [-0.2, 0) is 19.9 Å². The van der Waals surface area contributed by atoms with Gasteiger partial charge in [-0.15, -0.1) is 0 Å². The third-order valence-electron chi connectivity index (χ3n) is 5.64. The lowest BCUT2D eigenvalue weighted by molar-refractivity contribution is 0.305. The predicted octanol–water partition coefficient (Wildman–Crippen LogP) is 2.91. The first kappa shape index (κ1) is 20.5. The molecule has 0 bridgehead atoms. The zero-order valence-corrected chi connectivity index (χ0v) is 17.5. The number of nitrogens with zero attached hydrogens (tertiary/aromatic N) is 2. The summed E-state index contributed by atoms with van der Waals surface area (Å²) < 4.78 is 70.3. The molecule has 10 heteroatoms. The maximum atomic E-state index is 13.3. The monoisotopic (exact) mass is 442 g/mol. The molecule has 2 saturated heterocycles. The topological polar surface area (TPSA) is 97.5 Å². The summed E-state index contributed by atoms with van der Waals surface area (Å²) in [5.74, 6) is -0.335. The van der Waals surface area contributed by atoms with Gasteiger partial charge in [-0.2, -0.15) is 4.31 Å². The van der Waals surface area contributed by atoms with E-state index in [9.17, 15) is 21.2 Å². The molecule has 0 spiro atoms. The summed E-state index contributed by atoms with van der Waals surface area (Å²) in [5, 5.41) is 3.20. The summed E-state index contributed by atoms with van der Waals surface area (Å²) in [5.41, 5.74) is 1.14. The average molecular weight is 443 g/mol. The fraction of sp³-hybridized carbons (Fsp3) is 0.526. The molecule has 0 radical (unpaired) electrons. The van der Waals surface area contributed by atoms with Crippen LogP contribution in [0.2, 0.25) is 0 Å². The van der Waals surface area contributed by atoms with Crippen LogP contribution in [0.15, 0.2) is 34.9 Å². The maximum Gasteiger partial charge on any atom is 0.218 e. The number of hydrogen-bond acceptors (Lipinski definition) is 6. The molecule has 3 heterocycles. The van der Waals surface area contributed by atoms with Crippen LogP contribution in [-0.4, -0.2) is 49.6 Å². The van der Waals surface area contributed by atoms with Crippen molar-refractivity contribution in [2.75, 3.05) is 18.1 Å². The lowest BCUT2D eigenvalue weighted by atomic mass is 10.1. The molecule has 0 saturated carbocycles. The largest absolute Gasteiger partial charge is 0.356 e. The lowest BCUT2D eigenvalue weighted by Gasteiger charge is -2.29. The molecule has 29 heavy (non-hydrogen) atoms. The normalized spacial score (nSPS) is 25.7. The Morgan fingerprint density at radius 2 is 1.86 bits per heavy atom. The summed E-state index contributed by atoms with van der Waals surface area (Å²) in [7, 11) is -7.11. The van der Waals surface area contributed by atoms with E-state index in [4.69, 9.17) is 4.52 Å². The first-order valence-electron chi connectivity index (χ1n) is 9.70. The minimum absolute atomic E-state index is 0.0892. The van der Waals surface area contributed by atoms with E-state index in [0.717, 1.165) is 19.3 Å². The minimum Gasteiger partial charge on any atom is -0.356 e. The van der Waals surface area contributed by atoms with Crippen LogP contribution in [0.1, 0.15) is 43.8 Å². The van der Waals surface area contributed by atoms with Crippen LogP contribution in [0.25, 0.3) is 11.3 Å². The second kappa shape index (κ2) is 7.81. The summed E-state index contributed by atoms with van der Waals surface area (Å²) in [6, 6.07) is 6.98. The van der Waals surface area contributed by atoms with Crippen molar-refractivity contribution < 1.29 is 25.7 Å². The minimum atomic E-state index is -3.79. The van der Waals surface area contributed by atoms with Gasteiger partial charge in [0.05, 0.1) is 22.8 Å². The highest BCUT2D eigenvalue weighted by atomic mass is 32.2. The van der Waals surface area contributed by atoms with Gasteiger partial charge in [0.15, 0.2) is 15.6 Å². The second-order valence-corrected chi connectivity index (χ2v) is 12.1. The number of sulfonamides is 1. The van der Waals surface area contributed by atoms with Crippen LogP contribution in [0, 0.1) is 5.82 Å². The van der Waals surface area contributed by atoms with Gasteiger partial charge in [-0.05, 0) is 43.5 Å². The first-order chi connectivity index (χ1) is 13.8. The van der Waals surface area contributed by atoms with Crippen molar-refractivity contribution in [1.29, 1.82) is 0 Å². The summed E-state index contributed by atoms with van der Waals surface area (Å²) in [6.07, 6.45) is 3.19. The zero-order chi connectivity index (χ0) is 20.6. The summed E-state index contributed by atoms with van der Waals surface area (Å²) in [4.78, 5) is 0. The van der Waals surface area contributed by atoms with Gasteiger partial charge in [-0.1, -0.05) is 18.0 Å². The molecule has 0 N–H and O–H groups in total. The molecule has 2 aliphatic heterocycles. The number of benzene rings is 1. The number of rotatable bonds is 4. The highest BCUT2D eigenvalue weighted by Gasteiger charge is 2.43. The van der Waals surface area contributed by atoms with Gasteiger partial charge in [0.2, 0.25) is 10.0 Å². The Labute approximate surface area is 169 Å². The second-order valence-electron chi connectivity index (χ2n) is 7.67. The summed E-state index contributed by atoms with van der Waals surface area (Å²) in [6.45, 7) is 0.336. The van der Waals surface area contributed by atoms with Gasteiger partial charge in [-0.3, -0.25) is 0 Å². The molecule has 0 amide bonds. The van der Waals surface area contributed by atoms with E-state index in [2.05, 4.69) is 5.16 Å². The van der Waals surface area contributed by atoms with Crippen molar-refractivity contribution >= 4 is 19.9 Å². The van der Waals surface area contributed by atoms with Crippen molar-refractivity contribution in [2.24, 2.45) is 0 Å². The van der Waals surface area contributed by atoms with Crippen molar-refractivity contribution in [3.63, 3.8) is 0 Å².